The van der Waals surface area contributed by atoms with E-state index in [4.69, 9.17) is 28.4 Å². The van der Waals surface area contributed by atoms with Crippen LogP contribution in [0.1, 0.15) is 57.6 Å². The molecule has 3 amide bonds. The Morgan fingerprint density at radius 2 is 1.55 bits per heavy atom. The van der Waals surface area contributed by atoms with Gasteiger partial charge in [0, 0.05) is 25.7 Å². The van der Waals surface area contributed by atoms with Gasteiger partial charge >= 0.3 is 12.1 Å². The number of nitrogens with one attached hydrogen (secondary N) is 2. The van der Waals surface area contributed by atoms with Crippen molar-refractivity contribution in [1.82, 2.24) is 20.5 Å². The number of thioether (sulfide) groups is 1. The van der Waals surface area contributed by atoms with E-state index in [0.29, 0.717) is 71.8 Å². The van der Waals surface area contributed by atoms with Gasteiger partial charge in [-0.25, -0.2) is 18.4 Å². The van der Waals surface area contributed by atoms with Gasteiger partial charge in [-0.2, -0.15) is 10.1 Å². The van der Waals surface area contributed by atoms with E-state index in [1.54, 1.807) is 27.8 Å². The summed E-state index contributed by atoms with van der Waals surface area (Å²) in [4.78, 5) is 26.8. The molecule has 1 fully saturated rings. The summed E-state index contributed by atoms with van der Waals surface area (Å²) in [7, 11) is 1.63. The Balaban J connectivity index is 1.24. The number of hydrogen-bond acceptors (Lipinski definition) is 11. The van der Waals surface area contributed by atoms with Crippen LogP contribution < -0.4 is 10.6 Å². The van der Waals surface area contributed by atoms with Crippen molar-refractivity contribution in [3.05, 3.63) is 71.3 Å². The summed E-state index contributed by atoms with van der Waals surface area (Å²) in [6.07, 6.45) is 2.58. The molecule has 306 valence electrons. The van der Waals surface area contributed by atoms with Crippen molar-refractivity contribution in [3.63, 3.8) is 0 Å². The third-order valence-electron chi connectivity index (χ3n) is 8.61. The van der Waals surface area contributed by atoms with Crippen molar-refractivity contribution in [2.75, 3.05) is 92.7 Å². The zero-order valence-corrected chi connectivity index (χ0v) is 33.3. The zero-order chi connectivity index (χ0) is 39.5. The van der Waals surface area contributed by atoms with E-state index in [-0.39, 0.29) is 30.3 Å². The van der Waals surface area contributed by atoms with Crippen molar-refractivity contribution in [2.45, 2.75) is 63.0 Å². The second-order valence-electron chi connectivity index (χ2n) is 14.1. The highest BCUT2D eigenvalue weighted by Gasteiger charge is 2.49. The summed E-state index contributed by atoms with van der Waals surface area (Å²) in [5.41, 5.74) is 0.0227. The third-order valence-corrected chi connectivity index (χ3v) is 10.1. The maximum atomic E-state index is 15.1. The Morgan fingerprint density at radius 3 is 2.18 bits per heavy atom. The smallest absolute Gasteiger partial charge is 0.407 e. The first-order chi connectivity index (χ1) is 26.5. The number of hydrogen-bond donors (Lipinski definition) is 2. The second-order valence-corrected chi connectivity index (χ2v) is 15.4. The molecule has 16 heteroatoms. The highest BCUT2D eigenvalue weighted by molar-refractivity contribution is 8.15. The van der Waals surface area contributed by atoms with Gasteiger partial charge in [-0.05, 0) is 83.3 Å². The highest BCUT2D eigenvalue weighted by atomic mass is 32.2. The van der Waals surface area contributed by atoms with E-state index >= 15 is 4.39 Å². The van der Waals surface area contributed by atoms with Gasteiger partial charge in [0.15, 0.2) is 0 Å². The first-order valence-electron chi connectivity index (χ1n) is 18.9. The normalized spacial score (nSPS) is 17.6. The van der Waals surface area contributed by atoms with Gasteiger partial charge in [-0.1, -0.05) is 42.1 Å². The number of benzene rings is 2. The van der Waals surface area contributed by atoms with Crippen LogP contribution in [0.5, 0.6) is 0 Å². The first-order valence-corrected chi connectivity index (χ1v) is 19.7. The lowest BCUT2D eigenvalue weighted by atomic mass is 10.0. The molecule has 1 atom stereocenters. The van der Waals surface area contributed by atoms with Crippen LogP contribution in [0.4, 0.5) is 18.4 Å². The average molecular weight is 794 g/mol. The summed E-state index contributed by atoms with van der Waals surface area (Å²) >= 11 is 1.17. The summed E-state index contributed by atoms with van der Waals surface area (Å²) in [5, 5.41) is 12.2. The number of carbonyl (C=O) groups excluding carboxylic acids is 2. The molecule has 2 aromatic rings. The van der Waals surface area contributed by atoms with E-state index in [1.165, 1.54) is 21.7 Å². The Labute approximate surface area is 327 Å². The Kier molecular flexibility index (Phi) is 18.5. The zero-order valence-electron chi connectivity index (χ0n) is 32.5. The minimum Gasteiger partial charge on any atom is -0.444 e. The molecule has 4 rings (SSSR count). The Bertz CT molecular complexity index is 1500. The lowest BCUT2D eigenvalue weighted by Gasteiger charge is -2.37. The van der Waals surface area contributed by atoms with Crippen molar-refractivity contribution < 1.29 is 46.8 Å². The molecule has 0 saturated carbocycles. The number of rotatable bonds is 22. The number of carbonyl (C=O) groups is 2. The molecule has 2 aromatic carbocycles. The lowest BCUT2D eigenvalue weighted by molar-refractivity contribution is -0.0281. The van der Waals surface area contributed by atoms with Crippen LogP contribution in [0.15, 0.2) is 53.6 Å². The van der Waals surface area contributed by atoms with Crippen LogP contribution in [0.25, 0.3) is 0 Å². The van der Waals surface area contributed by atoms with Crippen molar-refractivity contribution in [3.8, 4) is 0 Å². The fourth-order valence-electron chi connectivity index (χ4n) is 5.83. The van der Waals surface area contributed by atoms with E-state index < -0.39 is 34.2 Å². The van der Waals surface area contributed by atoms with Gasteiger partial charge in [0.2, 0.25) is 0 Å². The van der Waals surface area contributed by atoms with Crippen molar-refractivity contribution in [1.29, 1.82) is 0 Å². The highest BCUT2D eigenvalue weighted by Crippen LogP contribution is 2.51. The molecule has 55 heavy (non-hydrogen) atoms. The van der Waals surface area contributed by atoms with E-state index in [9.17, 15) is 14.0 Å². The molecule has 2 heterocycles. The van der Waals surface area contributed by atoms with Gasteiger partial charge in [-0.15, -0.1) is 0 Å². The molecule has 1 unspecified atom stereocenters. The number of likely N-dealkylation sites (N-methyl/N-ethyl adjacent to an activating group) is 1. The summed E-state index contributed by atoms with van der Waals surface area (Å²) in [6.45, 7) is 11.7. The predicted octanol–water partition coefficient (Wildman–Crippen LogP) is 5.72. The molecule has 0 radical (unpaired) electrons. The number of amides is 3. The molecule has 2 N–H and O–H groups in total. The van der Waals surface area contributed by atoms with Gasteiger partial charge < -0.3 is 44.0 Å². The molecule has 2 aliphatic rings. The van der Waals surface area contributed by atoms with Crippen molar-refractivity contribution in [2.24, 2.45) is 5.10 Å². The number of halogens is 2. The lowest BCUT2D eigenvalue weighted by Crippen LogP contribution is -2.48. The van der Waals surface area contributed by atoms with Gasteiger partial charge in [0.1, 0.15) is 27.2 Å². The molecule has 2 aliphatic heterocycles. The van der Waals surface area contributed by atoms with E-state index in [2.05, 4.69) is 15.7 Å². The number of hydrazone groups is 1. The molecule has 0 bridgehead atoms. The fraction of sp³-hybridized carbons (Fsp3) is 0.615. The summed E-state index contributed by atoms with van der Waals surface area (Å²) in [5.74, 6) is -1.29. The molecule has 1 saturated heterocycles. The average Bonchev–Trinajstić information content (AvgIpc) is 3.56. The molecule has 0 aromatic heterocycles. The summed E-state index contributed by atoms with van der Waals surface area (Å²) < 4.78 is 63.1. The number of ether oxygens (including phenoxy) is 6. The van der Waals surface area contributed by atoms with Crippen LogP contribution in [-0.2, 0) is 33.3 Å². The molecular weight excluding hydrogens is 737 g/mol. The van der Waals surface area contributed by atoms with Crippen LogP contribution >= 0.6 is 11.8 Å². The molecule has 0 spiro atoms. The summed E-state index contributed by atoms with van der Waals surface area (Å²) in [6, 6.07) is 12.0. The largest absolute Gasteiger partial charge is 0.444 e. The fourth-order valence-corrected chi connectivity index (χ4v) is 7.25. The van der Waals surface area contributed by atoms with Crippen LogP contribution in [0.3, 0.4) is 0 Å². The minimum absolute atomic E-state index is 0.0503. The quantitative estimate of drug-likeness (QED) is 0.143. The molecular formula is C39H57F2N5O8S. The SMILES string of the molecule is CN(CCOCCOCCOCCOCCOC1CCNCC1)C(=O)N1N=C(c2cc(F)ccc2F)SC1(CCCNC(=O)OC(C)(C)C)c1ccccc1. The maximum Gasteiger partial charge on any atom is 0.407 e. The minimum atomic E-state index is -1.14. The maximum absolute atomic E-state index is 15.1. The van der Waals surface area contributed by atoms with Gasteiger partial charge in [0.05, 0.1) is 65.6 Å². The van der Waals surface area contributed by atoms with E-state index in [0.717, 1.165) is 49.7 Å². The second kappa shape index (κ2) is 23.0. The molecule has 0 aliphatic carbocycles. The van der Waals surface area contributed by atoms with Crippen LogP contribution in [0.2, 0.25) is 0 Å². The van der Waals surface area contributed by atoms with Crippen molar-refractivity contribution >= 4 is 28.9 Å². The third kappa shape index (κ3) is 14.9. The topological polar surface area (TPSA) is 132 Å². The number of alkyl carbamates (subject to hydrolysis) is 1. The predicted molar refractivity (Wildman–Crippen MR) is 207 cm³/mol. The van der Waals surface area contributed by atoms with Crippen LogP contribution in [0, 0.1) is 11.6 Å². The van der Waals surface area contributed by atoms with Gasteiger partial charge in [0.25, 0.3) is 0 Å². The molecule has 13 nitrogen and oxygen atoms in total. The monoisotopic (exact) mass is 793 g/mol. The van der Waals surface area contributed by atoms with Gasteiger partial charge in [-0.3, -0.25) is 0 Å². The Morgan fingerprint density at radius 1 is 0.927 bits per heavy atom. The Hall–Kier alpha value is -3.38. The standard InChI is InChI=1S/C39H57F2N5O8S/c1-38(2,3)54-36(47)43-16-8-15-39(30-9-6-5-7-10-30)46(44-35(55-39)33-29-31(40)11-12-34(33)41)37(48)45(4)19-20-49-21-22-50-23-24-51-25-26-52-27-28-53-32-13-17-42-18-14-32/h5-7,9-12,29,32,42H,8,13-28H2,1-4H3,(H,43,47). The first kappa shape index (κ1) is 44.3. The van der Waals surface area contributed by atoms with Crippen LogP contribution in [-0.4, -0.2) is 131 Å². The van der Waals surface area contributed by atoms with E-state index in [1.807, 2.05) is 30.3 Å². The number of nitrogens with zero attached hydrogens (tertiary/aromatic N) is 3. The number of urea groups is 1. The number of piperidine rings is 1.